The van der Waals surface area contributed by atoms with E-state index in [-0.39, 0.29) is 6.54 Å². The Morgan fingerprint density at radius 2 is 2.12 bits per heavy atom. The number of imidazole rings is 1. The highest BCUT2D eigenvalue weighted by Gasteiger charge is 2.15. The third-order valence-corrected chi connectivity index (χ3v) is 4.93. The molecule has 1 amide bonds. The van der Waals surface area contributed by atoms with Gasteiger partial charge in [0, 0.05) is 16.8 Å². The van der Waals surface area contributed by atoms with E-state index in [1.807, 2.05) is 25.1 Å². The van der Waals surface area contributed by atoms with Crippen LogP contribution in [0.2, 0.25) is 0 Å². The number of hydrogen-bond donors (Lipinski definition) is 2. The molecule has 0 saturated carbocycles. The van der Waals surface area contributed by atoms with Crippen molar-refractivity contribution in [1.82, 2.24) is 14.4 Å². The first-order chi connectivity index (χ1) is 11.6. The van der Waals surface area contributed by atoms with Gasteiger partial charge in [-0.1, -0.05) is 30.3 Å². The van der Waals surface area contributed by atoms with E-state index < -0.39 is 5.91 Å². The SMILES string of the molecule is Cc1cnc2c(NCC(N)=O)nc3cc(-c4ccccc4)sc3n12. The van der Waals surface area contributed by atoms with Crippen molar-refractivity contribution in [2.45, 2.75) is 6.92 Å². The third-order valence-electron chi connectivity index (χ3n) is 3.77. The highest BCUT2D eigenvalue weighted by molar-refractivity contribution is 7.21. The Labute approximate surface area is 142 Å². The number of aromatic nitrogens is 3. The number of anilines is 1. The molecular formula is C17H15N5OS. The zero-order valence-electron chi connectivity index (χ0n) is 13.0. The number of carbonyl (C=O) groups is 1. The van der Waals surface area contributed by atoms with E-state index in [0.29, 0.717) is 11.5 Å². The lowest BCUT2D eigenvalue weighted by Gasteiger charge is -2.06. The van der Waals surface area contributed by atoms with Gasteiger partial charge in [0.1, 0.15) is 10.3 Å². The zero-order chi connectivity index (χ0) is 16.7. The van der Waals surface area contributed by atoms with Crippen molar-refractivity contribution in [3.05, 3.63) is 48.3 Å². The van der Waals surface area contributed by atoms with Crippen molar-refractivity contribution >= 4 is 39.1 Å². The molecule has 24 heavy (non-hydrogen) atoms. The largest absolute Gasteiger partial charge is 0.368 e. The lowest BCUT2D eigenvalue weighted by molar-refractivity contribution is -0.116. The van der Waals surface area contributed by atoms with Crippen molar-refractivity contribution < 1.29 is 4.79 Å². The van der Waals surface area contributed by atoms with Crippen LogP contribution >= 0.6 is 11.3 Å². The van der Waals surface area contributed by atoms with Crippen molar-refractivity contribution in [1.29, 1.82) is 0 Å². The summed E-state index contributed by atoms with van der Waals surface area (Å²) in [5, 5.41) is 2.98. The molecule has 0 aliphatic heterocycles. The van der Waals surface area contributed by atoms with Crippen LogP contribution in [0, 0.1) is 6.92 Å². The van der Waals surface area contributed by atoms with Crippen molar-refractivity contribution in [2.75, 3.05) is 11.9 Å². The molecule has 0 spiro atoms. The molecule has 0 unspecified atom stereocenters. The second kappa shape index (κ2) is 5.61. The Morgan fingerprint density at radius 1 is 1.33 bits per heavy atom. The van der Waals surface area contributed by atoms with Crippen LogP contribution < -0.4 is 11.1 Å². The summed E-state index contributed by atoms with van der Waals surface area (Å²) in [5.41, 5.74) is 8.95. The number of thiophene rings is 1. The van der Waals surface area contributed by atoms with E-state index in [9.17, 15) is 4.79 Å². The number of primary amides is 1. The van der Waals surface area contributed by atoms with E-state index in [4.69, 9.17) is 5.73 Å². The smallest absolute Gasteiger partial charge is 0.236 e. The molecular weight excluding hydrogens is 322 g/mol. The van der Waals surface area contributed by atoms with Crippen LogP contribution in [-0.4, -0.2) is 26.8 Å². The third kappa shape index (κ3) is 2.39. The summed E-state index contributed by atoms with van der Waals surface area (Å²) in [7, 11) is 0. The van der Waals surface area contributed by atoms with Gasteiger partial charge in [-0.15, -0.1) is 11.3 Å². The van der Waals surface area contributed by atoms with E-state index in [0.717, 1.165) is 26.5 Å². The fraction of sp³-hybridized carbons (Fsp3) is 0.118. The van der Waals surface area contributed by atoms with E-state index >= 15 is 0 Å². The molecule has 0 aliphatic carbocycles. The van der Waals surface area contributed by atoms with E-state index in [1.165, 1.54) is 0 Å². The topological polar surface area (TPSA) is 85.3 Å². The van der Waals surface area contributed by atoms with Crippen LogP contribution in [0.25, 0.3) is 26.4 Å². The van der Waals surface area contributed by atoms with Crippen LogP contribution in [0.4, 0.5) is 5.82 Å². The lowest BCUT2D eigenvalue weighted by Crippen LogP contribution is -2.22. The number of rotatable bonds is 4. The van der Waals surface area contributed by atoms with Crippen LogP contribution in [0.5, 0.6) is 0 Å². The molecule has 0 bridgehead atoms. The van der Waals surface area contributed by atoms with Gasteiger partial charge in [-0.3, -0.25) is 9.20 Å². The molecule has 4 rings (SSSR count). The molecule has 1 aromatic carbocycles. The molecule has 6 nitrogen and oxygen atoms in total. The van der Waals surface area contributed by atoms with Crippen molar-refractivity contribution in [2.24, 2.45) is 5.73 Å². The zero-order valence-corrected chi connectivity index (χ0v) is 13.8. The van der Waals surface area contributed by atoms with Crippen LogP contribution in [0.3, 0.4) is 0 Å². The number of amides is 1. The summed E-state index contributed by atoms with van der Waals surface area (Å²) in [5.74, 6) is 0.125. The number of carbonyl (C=O) groups excluding carboxylic acids is 1. The summed E-state index contributed by atoms with van der Waals surface area (Å²) in [4.78, 5) is 22.3. The van der Waals surface area contributed by atoms with Gasteiger partial charge in [0.2, 0.25) is 5.91 Å². The minimum absolute atomic E-state index is 0.0236. The molecule has 0 fully saturated rings. The molecule has 3 heterocycles. The first-order valence-electron chi connectivity index (χ1n) is 7.48. The summed E-state index contributed by atoms with van der Waals surface area (Å²) < 4.78 is 2.06. The number of nitrogens with zero attached hydrogens (tertiary/aromatic N) is 3. The van der Waals surface area contributed by atoms with Crippen molar-refractivity contribution in [3.63, 3.8) is 0 Å². The number of nitrogens with two attached hydrogens (primary N) is 1. The second-order valence-corrected chi connectivity index (χ2v) is 6.54. The average molecular weight is 337 g/mol. The fourth-order valence-electron chi connectivity index (χ4n) is 2.68. The number of benzene rings is 1. The van der Waals surface area contributed by atoms with Gasteiger partial charge in [-0.25, -0.2) is 9.97 Å². The normalized spacial score (nSPS) is 11.2. The minimum atomic E-state index is -0.436. The Bertz CT molecular complexity index is 1050. The summed E-state index contributed by atoms with van der Waals surface area (Å²) in [6, 6.07) is 12.3. The average Bonchev–Trinajstić information content (AvgIpc) is 3.17. The maximum Gasteiger partial charge on any atom is 0.236 e. The predicted molar refractivity (Wildman–Crippen MR) is 96.2 cm³/mol. The Kier molecular flexibility index (Phi) is 3.42. The molecule has 3 N–H and O–H groups in total. The minimum Gasteiger partial charge on any atom is -0.368 e. The Balaban J connectivity index is 1.94. The first-order valence-corrected chi connectivity index (χ1v) is 8.30. The number of nitrogens with one attached hydrogen (secondary N) is 1. The maximum absolute atomic E-state index is 11.1. The highest BCUT2D eigenvalue weighted by Crippen LogP contribution is 2.34. The maximum atomic E-state index is 11.1. The van der Waals surface area contributed by atoms with E-state index in [2.05, 4.69) is 37.9 Å². The van der Waals surface area contributed by atoms with Gasteiger partial charge in [-0.2, -0.15) is 0 Å². The van der Waals surface area contributed by atoms with E-state index in [1.54, 1.807) is 17.5 Å². The molecule has 0 saturated heterocycles. The van der Waals surface area contributed by atoms with Crippen LogP contribution in [-0.2, 0) is 4.79 Å². The molecule has 0 atom stereocenters. The quantitative estimate of drug-likeness (QED) is 0.600. The Morgan fingerprint density at radius 3 is 2.88 bits per heavy atom. The van der Waals surface area contributed by atoms with Gasteiger partial charge in [0.05, 0.1) is 6.54 Å². The second-order valence-electron chi connectivity index (χ2n) is 5.51. The molecule has 120 valence electrons. The van der Waals surface area contributed by atoms with Crippen LogP contribution in [0.1, 0.15) is 5.69 Å². The molecule has 0 radical (unpaired) electrons. The fourth-order valence-corrected chi connectivity index (χ4v) is 3.84. The summed E-state index contributed by atoms with van der Waals surface area (Å²) in [6.07, 6.45) is 1.80. The lowest BCUT2D eigenvalue weighted by atomic mass is 10.2. The molecule has 0 aliphatic rings. The summed E-state index contributed by atoms with van der Waals surface area (Å²) in [6.45, 7) is 2.02. The van der Waals surface area contributed by atoms with Gasteiger partial charge < -0.3 is 11.1 Å². The van der Waals surface area contributed by atoms with Gasteiger partial charge in [0.25, 0.3) is 0 Å². The molecule has 4 aromatic rings. The van der Waals surface area contributed by atoms with Gasteiger partial charge >= 0.3 is 0 Å². The monoisotopic (exact) mass is 337 g/mol. The van der Waals surface area contributed by atoms with Crippen LogP contribution in [0.15, 0.2) is 42.6 Å². The highest BCUT2D eigenvalue weighted by atomic mass is 32.1. The molecule has 7 heteroatoms. The first kappa shape index (κ1) is 14.6. The molecule has 3 aromatic heterocycles. The standard InChI is InChI=1S/C17H15N5OS/c1-10-8-20-16-15(19-9-14(18)23)21-12-7-13(24-17(12)22(10)16)11-5-3-2-4-6-11/h2-8H,9H2,1H3,(H2,18,23)(H,19,21). The Hall–Kier alpha value is -2.93. The van der Waals surface area contributed by atoms with Crippen molar-refractivity contribution in [3.8, 4) is 10.4 Å². The number of aryl methyl sites for hydroxylation is 1. The predicted octanol–water partition coefficient (Wildman–Crippen LogP) is 2.82. The summed E-state index contributed by atoms with van der Waals surface area (Å²) >= 11 is 1.67. The van der Waals surface area contributed by atoms with Gasteiger partial charge in [0.15, 0.2) is 11.5 Å². The number of hydrogen-bond acceptors (Lipinski definition) is 5. The number of fused-ring (bicyclic) bond motifs is 3. The van der Waals surface area contributed by atoms with Gasteiger partial charge in [-0.05, 0) is 18.6 Å².